The standard InChI is InChI=1S/C27H33N3O5S/c1-32-24-15-21(16-25(33-2)26(24)34-3)30-27(36)29-20-11-9-19(10-12-20)13-14-28-17-22(31)18-35-23-7-5-4-6-8-23/h4-12,15-16,22,28,31H,13-14,17-18H2,1-3H3,(H2,29,30,36)/t22-/m0/s1. The van der Waals surface area contributed by atoms with E-state index in [4.69, 9.17) is 31.2 Å². The fourth-order valence-electron chi connectivity index (χ4n) is 3.47. The van der Waals surface area contributed by atoms with E-state index in [0.717, 1.165) is 24.4 Å². The molecule has 3 rings (SSSR count). The molecule has 0 fully saturated rings. The van der Waals surface area contributed by atoms with Crippen LogP contribution in [0.3, 0.4) is 0 Å². The maximum absolute atomic E-state index is 10.1. The van der Waals surface area contributed by atoms with Gasteiger partial charge in [0.25, 0.3) is 0 Å². The van der Waals surface area contributed by atoms with Crippen molar-refractivity contribution in [2.45, 2.75) is 12.5 Å². The van der Waals surface area contributed by atoms with E-state index in [-0.39, 0.29) is 6.61 Å². The fraction of sp³-hybridized carbons (Fsp3) is 0.296. The molecule has 9 heteroatoms. The Kier molecular flexibility index (Phi) is 10.6. The minimum Gasteiger partial charge on any atom is -0.493 e. The summed E-state index contributed by atoms with van der Waals surface area (Å²) >= 11 is 5.45. The van der Waals surface area contributed by atoms with Crippen molar-refractivity contribution in [2.75, 3.05) is 51.7 Å². The van der Waals surface area contributed by atoms with Gasteiger partial charge in [-0.25, -0.2) is 0 Å². The topological polar surface area (TPSA) is 93.2 Å². The molecule has 0 saturated carbocycles. The monoisotopic (exact) mass is 511 g/mol. The maximum atomic E-state index is 10.1. The molecule has 36 heavy (non-hydrogen) atoms. The number of hydrogen-bond donors (Lipinski definition) is 4. The molecule has 3 aromatic rings. The van der Waals surface area contributed by atoms with Gasteiger partial charge in [0, 0.05) is 30.1 Å². The average Bonchev–Trinajstić information content (AvgIpc) is 2.90. The second-order valence-corrected chi connectivity index (χ2v) is 8.33. The van der Waals surface area contributed by atoms with Gasteiger partial charge in [-0.15, -0.1) is 0 Å². The quantitative estimate of drug-likeness (QED) is 0.200. The number of methoxy groups -OCH3 is 3. The van der Waals surface area contributed by atoms with Gasteiger partial charge in [0.1, 0.15) is 18.5 Å². The fourth-order valence-corrected chi connectivity index (χ4v) is 3.71. The van der Waals surface area contributed by atoms with Gasteiger partial charge in [0.2, 0.25) is 5.75 Å². The van der Waals surface area contributed by atoms with Crippen LogP contribution in [0.2, 0.25) is 0 Å². The molecule has 0 aliphatic rings. The molecule has 0 aliphatic heterocycles. The highest BCUT2D eigenvalue weighted by Crippen LogP contribution is 2.39. The van der Waals surface area contributed by atoms with Crippen molar-refractivity contribution >= 4 is 28.7 Å². The molecule has 3 aromatic carbocycles. The summed E-state index contributed by atoms with van der Waals surface area (Å²) in [4.78, 5) is 0. The van der Waals surface area contributed by atoms with Crippen LogP contribution in [0, 0.1) is 0 Å². The number of anilines is 2. The first-order valence-electron chi connectivity index (χ1n) is 11.6. The summed E-state index contributed by atoms with van der Waals surface area (Å²) in [5.41, 5.74) is 2.75. The molecule has 1 atom stereocenters. The summed E-state index contributed by atoms with van der Waals surface area (Å²) in [6.07, 6.45) is 0.261. The van der Waals surface area contributed by atoms with E-state index in [1.807, 2.05) is 54.6 Å². The predicted molar refractivity (Wildman–Crippen MR) is 147 cm³/mol. The van der Waals surface area contributed by atoms with Crippen molar-refractivity contribution in [1.82, 2.24) is 5.32 Å². The largest absolute Gasteiger partial charge is 0.493 e. The molecule has 192 valence electrons. The van der Waals surface area contributed by atoms with E-state index < -0.39 is 6.10 Å². The van der Waals surface area contributed by atoms with Gasteiger partial charge in [-0.05, 0) is 55.0 Å². The van der Waals surface area contributed by atoms with E-state index in [1.54, 1.807) is 33.5 Å². The lowest BCUT2D eigenvalue weighted by Crippen LogP contribution is -2.32. The molecule has 0 amide bonds. The molecule has 0 aliphatic carbocycles. The molecule has 0 heterocycles. The van der Waals surface area contributed by atoms with Crippen LogP contribution >= 0.6 is 12.2 Å². The smallest absolute Gasteiger partial charge is 0.203 e. The molecule has 0 radical (unpaired) electrons. The lowest BCUT2D eigenvalue weighted by atomic mass is 10.1. The van der Waals surface area contributed by atoms with Crippen LogP contribution in [0.1, 0.15) is 5.56 Å². The van der Waals surface area contributed by atoms with Gasteiger partial charge in [0.05, 0.1) is 21.3 Å². The summed E-state index contributed by atoms with van der Waals surface area (Å²) in [6, 6.07) is 21.1. The number of aliphatic hydroxyl groups is 1. The van der Waals surface area contributed by atoms with Crippen molar-refractivity contribution in [3.63, 3.8) is 0 Å². The number of nitrogens with one attached hydrogen (secondary N) is 3. The number of para-hydroxylation sites is 1. The highest BCUT2D eigenvalue weighted by atomic mass is 32.1. The van der Waals surface area contributed by atoms with Crippen LogP contribution in [0.25, 0.3) is 0 Å². The summed E-state index contributed by atoms with van der Waals surface area (Å²) < 4.78 is 21.7. The molecule has 0 unspecified atom stereocenters. The highest BCUT2D eigenvalue weighted by molar-refractivity contribution is 7.80. The van der Waals surface area contributed by atoms with Crippen LogP contribution in [0.4, 0.5) is 11.4 Å². The summed E-state index contributed by atoms with van der Waals surface area (Å²) in [6.45, 7) is 1.46. The predicted octanol–water partition coefficient (Wildman–Crippen LogP) is 4.09. The lowest BCUT2D eigenvalue weighted by molar-refractivity contribution is 0.106. The lowest BCUT2D eigenvalue weighted by Gasteiger charge is -2.16. The Morgan fingerprint density at radius 1 is 0.861 bits per heavy atom. The summed E-state index contributed by atoms with van der Waals surface area (Å²) in [5.74, 6) is 2.35. The second-order valence-electron chi connectivity index (χ2n) is 7.92. The van der Waals surface area contributed by atoms with Crippen molar-refractivity contribution in [3.05, 3.63) is 72.3 Å². The minimum atomic E-state index is -0.573. The second kappa shape index (κ2) is 14.1. The molecule has 0 spiro atoms. The Morgan fingerprint density at radius 2 is 1.50 bits per heavy atom. The Hall–Kier alpha value is -3.53. The number of aliphatic hydroxyl groups excluding tert-OH is 1. The number of rotatable bonds is 13. The van der Waals surface area contributed by atoms with Gasteiger partial charge in [0.15, 0.2) is 16.6 Å². The normalized spacial score (nSPS) is 11.3. The average molecular weight is 512 g/mol. The van der Waals surface area contributed by atoms with E-state index in [9.17, 15) is 5.11 Å². The van der Waals surface area contributed by atoms with Crippen LogP contribution < -0.4 is 34.9 Å². The summed E-state index contributed by atoms with van der Waals surface area (Å²) in [7, 11) is 4.69. The van der Waals surface area contributed by atoms with Gasteiger partial charge >= 0.3 is 0 Å². The van der Waals surface area contributed by atoms with Gasteiger partial charge in [-0.1, -0.05) is 30.3 Å². The van der Waals surface area contributed by atoms with E-state index in [0.29, 0.717) is 34.6 Å². The number of hydrogen-bond acceptors (Lipinski definition) is 7. The zero-order valence-electron chi connectivity index (χ0n) is 20.7. The molecular formula is C27H33N3O5S. The summed E-state index contributed by atoms with van der Waals surface area (Å²) in [5, 5.41) is 20.1. The van der Waals surface area contributed by atoms with Crippen molar-refractivity contribution in [2.24, 2.45) is 0 Å². The van der Waals surface area contributed by atoms with Crippen molar-refractivity contribution < 1.29 is 24.1 Å². The third kappa shape index (κ3) is 8.30. The highest BCUT2D eigenvalue weighted by Gasteiger charge is 2.14. The van der Waals surface area contributed by atoms with Crippen LogP contribution in [-0.2, 0) is 6.42 Å². The van der Waals surface area contributed by atoms with Crippen molar-refractivity contribution in [3.8, 4) is 23.0 Å². The SMILES string of the molecule is COc1cc(NC(=S)Nc2ccc(CCNC[C@H](O)COc3ccccc3)cc2)cc(OC)c1OC. The first kappa shape index (κ1) is 27.1. The van der Waals surface area contributed by atoms with Gasteiger partial charge in [-0.3, -0.25) is 0 Å². The molecular weight excluding hydrogens is 478 g/mol. The molecule has 0 bridgehead atoms. The van der Waals surface area contributed by atoms with Crippen molar-refractivity contribution in [1.29, 1.82) is 0 Å². The number of ether oxygens (including phenoxy) is 4. The zero-order chi connectivity index (χ0) is 25.8. The molecule has 8 nitrogen and oxygen atoms in total. The van der Waals surface area contributed by atoms with Crippen LogP contribution in [0.15, 0.2) is 66.7 Å². The van der Waals surface area contributed by atoms with E-state index >= 15 is 0 Å². The first-order chi connectivity index (χ1) is 17.5. The molecule has 0 aromatic heterocycles. The minimum absolute atomic E-state index is 0.251. The van der Waals surface area contributed by atoms with Crippen LogP contribution in [-0.4, -0.2) is 57.3 Å². The van der Waals surface area contributed by atoms with E-state index in [1.165, 1.54) is 5.56 Å². The number of thiocarbonyl (C=S) groups is 1. The third-order valence-corrected chi connectivity index (χ3v) is 5.49. The number of benzene rings is 3. The Balaban J connectivity index is 1.41. The Bertz CT molecular complexity index is 1070. The van der Waals surface area contributed by atoms with Gasteiger partial charge < -0.3 is 40.0 Å². The molecule has 0 saturated heterocycles. The zero-order valence-corrected chi connectivity index (χ0v) is 21.6. The van der Waals surface area contributed by atoms with Crippen LogP contribution in [0.5, 0.6) is 23.0 Å². The Morgan fingerprint density at radius 3 is 2.11 bits per heavy atom. The van der Waals surface area contributed by atoms with E-state index in [2.05, 4.69) is 16.0 Å². The molecule has 4 N–H and O–H groups in total. The first-order valence-corrected chi connectivity index (χ1v) is 12.0. The Labute approximate surface area is 217 Å². The third-order valence-electron chi connectivity index (χ3n) is 5.29. The maximum Gasteiger partial charge on any atom is 0.203 e. The van der Waals surface area contributed by atoms with Gasteiger partial charge in [-0.2, -0.15) is 0 Å².